The molecule has 1 fully saturated rings. The zero-order valence-corrected chi connectivity index (χ0v) is 19.5. The average Bonchev–Trinajstić information content (AvgIpc) is 2.79. The van der Waals surface area contributed by atoms with Crippen LogP contribution >= 0.6 is 0 Å². The van der Waals surface area contributed by atoms with Gasteiger partial charge >= 0.3 is 6.09 Å². The molecule has 0 aliphatic carbocycles. The Hall–Kier alpha value is -3.14. The van der Waals surface area contributed by atoms with E-state index in [0.717, 1.165) is 17.7 Å². The number of piperazine rings is 1. The lowest BCUT2D eigenvalue weighted by Crippen LogP contribution is -2.51. The normalized spacial score (nSPS) is 14.3. The summed E-state index contributed by atoms with van der Waals surface area (Å²) in [5, 5.41) is 0. The monoisotopic (exact) mass is 477 g/mol. The molecule has 8 nitrogen and oxygen atoms in total. The molecule has 0 saturated carbocycles. The average molecular weight is 478 g/mol. The van der Waals surface area contributed by atoms with Crippen molar-refractivity contribution in [3.05, 3.63) is 59.9 Å². The highest BCUT2D eigenvalue weighted by Gasteiger charge is 2.25. The summed E-state index contributed by atoms with van der Waals surface area (Å²) in [5.41, 5.74) is 1.08. The van der Waals surface area contributed by atoms with E-state index in [1.165, 1.54) is 12.1 Å². The first kappa shape index (κ1) is 24.5. The SMILES string of the molecule is CC(C)COC(=O)N1CCN(C(=O)Cc2ccc(NS(=O)(=O)c3ccc(F)cc3)cc2)CC1. The molecule has 0 aromatic heterocycles. The molecule has 2 aromatic rings. The summed E-state index contributed by atoms with van der Waals surface area (Å²) < 4.78 is 45.5. The highest BCUT2D eigenvalue weighted by atomic mass is 32.2. The van der Waals surface area contributed by atoms with Gasteiger partial charge in [-0.05, 0) is 47.9 Å². The molecular weight excluding hydrogens is 449 g/mol. The van der Waals surface area contributed by atoms with Crippen molar-refractivity contribution in [2.75, 3.05) is 37.5 Å². The third kappa shape index (κ3) is 6.92. The van der Waals surface area contributed by atoms with E-state index in [-0.39, 0.29) is 29.2 Å². The number of carbonyl (C=O) groups excluding carboxylic acids is 2. The number of nitrogens with zero attached hydrogens (tertiary/aromatic N) is 2. The maximum absolute atomic E-state index is 13.0. The van der Waals surface area contributed by atoms with Crippen LogP contribution in [0, 0.1) is 11.7 Å². The van der Waals surface area contributed by atoms with Crippen LogP contribution in [0.3, 0.4) is 0 Å². The topological polar surface area (TPSA) is 96.0 Å². The van der Waals surface area contributed by atoms with E-state index in [0.29, 0.717) is 38.5 Å². The van der Waals surface area contributed by atoms with E-state index in [9.17, 15) is 22.4 Å². The van der Waals surface area contributed by atoms with E-state index in [1.807, 2.05) is 13.8 Å². The second kappa shape index (κ2) is 10.7. The Kier molecular flexibility index (Phi) is 7.91. The molecule has 33 heavy (non-hydrogen) atoms. The molecule has 0 unspecified atom stereocenters. The smallest absolute Gasteiger partial charge is 0.409 e. The molecule has 0 bridgehead atoms. The van der Waals surface area contributed by atoms with Crippen LogP contribution in [0.1, 0.15) is 19.4 Å². The van der Waals surface area contributed by atoms with Crippen molar-refractivity contribution in [1.82, 2.24) is 9.80 Å². The Bertz CT molecular complexity index is 1060. The lowest BCUT2D eigenvalue weighted by Gasteiger charge is -2.34. The first-order chi connectivity index (χ1) is 15.6. The van der Waals surface area contributed by atoms with Gasteiger partial charge in [-0.15, -0.1) is 0 Å². The molecule has 2 amide bonds. The van der Waals surface area contributed by atoms with Crippen molar-refractivity contribution in [3.8, 4) is 0 Å². The second-order valence-corrected chi connectivity index (χ2v) is 9.95. The number of benzene rings is 2. The molecule has 1 saturated heterocycles. The molecule has 0 radical (unpaired) electrons. The van der Waals surface area contributed by atoms with E-state index in [1.54, 1.807) is 34.1 Å². The van der Waals surface area contributed by atoms with Crippen LogP contribution < -0.4 is 4.72 Å². The van der Waals surface area contributed by atoms with Crippen LogP contribution in [0.25, 0.3) is 0 Å². The Morgan fingerprint density at radius 3 is 2.12 bits per heavy atom. The van der Waals surface area contributed by atoms with Crippen LogP contribution in [0.2, 0.25) is 0 Å². The number of sulfonamides is 1. The number of hydrogen-bond acceptors (Lipinski definition) is 5. The van der Waals surface area contributed by atoms with Crippen molar-refractivity contribution < 1.29 is 27.1 Å². The Morgan fingerprint density at radius 1 is 0.970 bits per heavy atom. The lowest BCUT2D eigenvalue weighted by atomic mass is 10.1. The fourth-order valence-electron chi connectivity index (χ4n) is 3.27. The summed E-state index contributed by atoms with van der Waals surface area (Å²) in [4.78, 5) is 27.9. The Morgan fingerprint density at radius 2 is 1.55 bits per heavy atom. The minimum atomic E-state index is -3.84. The highest BCUT2D eigenvalue weighted by molar-refractivity contribution is 7.92. The summed E-state index contributed by atoms with van der Waals surface area (Å²) in [6, 6.07) is 11.1. The number of anilines is 1. The van der Waals surface area contributed by atoms with Crippen molar-refractivity contribution in [3.63, 3.8) is 0 Å². The third-order valence-electron chi connectivity index (χ3n) is 5.12. The summed E-state index contributed by atoms with van der Waals surface area (Å²) in [6.45, 7) is 6.03. The van der Waals surface area contributed by atoms with Crippen molar-refractivity contribution in [1.29, 1.82) is 0 Å². The Labute approximate surface area is 193 Å². The number of ether oxygens (including phenoxy) is 1. The molecule has 1 aliphatic heterocycles. The molecule has 3 rings (SSSR count). The van der Waals surface area contributed by atoms with Gasteiger partial charge in [-0.3, -0.25) is 9.52 Å². The minimum Gasteiger partial charge on any atom is -0.449 e. The quantitative estimate of drug-likeness (QED) is 0.661. The third-order valence-corrected chi connectivity index (χ3v) is 6.51. The number of rotatable bonds is 7. The van der Waals surface area contributed by atoms with E-state index in [4.69, 9.17) is 4.74 Å². The zero-order valence-electron chi connectivity index (χ0n) is 18.7. The first-order valence-electron chi connectivity index (χ1n) is 10.7. The summed E-state index contributed by atoms with van der Waals surface area (Å²) in [7, 11) is -3.84. The van der Waals surface area contributed by atoms with Crippen LogP contribution in [0.15, 0.2) is 53.4 Å². The molecule has 10 heteroatoms. The minimum absolute atomic E-state index is 0.0459. The molecule has 0 spiro atoms. The van der Waals surface area contributed by atoms with Gasteiger partial charge in [-0.2, -0.15) is 0 Å². The number of halogens is 1. The predicted octanol–water partition coefficient (Wildman–Crippen LogP) is 3.11. The number of hydrogen-bond donors (Lipinski definition) is 1. The van der Waals surface area contributed by atoms with Gasteiger partial charge in [0.15, 0.2) is 0 Å². The van der Waals surface area contributed by atoms with Crippen LogP contribution in [-0.2, 0) is 26.0 Å². The van der Waals surface area contributed by atoms with Crippen molar-refractivity contribution in [2.24, 2.45) is 5.92 Å². The van der Waals surface area contributed by atoms with Gasteiger partial charge in [0.25, 0.3) is 10.0 Å². The maximum atomic E-state index is 13.0. The van der Waals surface area contributed by atoms with Gasteiger partial charge in [0.1, 0.15) is 5.82 Å². The highest BCUT2D eigenvalue weighted by Crippen LogP contribution is 2.18. The van der Waals surface area contributed by atoms with Gasteiger partial charge in [0.05, 0.1) is 17.9 Å². The fraction of sp³-hybridized carbons (Fsp3) is 0.391. The molecule has 1 aliphatic rings. The van der Waals surface area contributed by atoms with Gasteiger partial charge in [0.2, 0.25) is 5.91 Å². The summed E-state index contributed by atoms with van der Waals surface area (Å²) in [5.74, 6) is -0.318. The summed E-state index contributed by atoms with van der Waals surface area (Å²) in [6.07, 6.45) is -0.183. The van der Waals surface area contributed by atoms with Gasteiger partial charge in [0, 0.05) is 31.9 Å². The van der Waals surface area contributed by atoms with Crippen molar-refractivity contribution >= 4 is 27.7 Å². The predicted molar refractivity (Wildman–Crippen MR) is 122 cm³/mol. The largest absolute Gasteiger partial charge is 0.449 e. The first-order valence-corrected chi connectivity index (χ1v) is 12.2. The molecular formula is C23H28FN3O5S. The van der Waals surface area contributed by atoms with Crippen molar-refractivity contribution in [2.45, 2.75) is 25.2 Å². The standard InChI is InChI=1S/C23H28FN3O5S/c1-17(2)16-32-23(29)27-13-11-26(12-14-27)22(28)15-18-3-7-20(8-4-18)25-33(30,31)21-9-5-19(24)6-10-21/h3-10,17,25H,11-16H2,1-2H3. The number of amides is 2. The maximum Gasteiger partial charge on any atom is 0.409 e. The van der Waals surface area contributed by atoms with Crippen LogP contribution in [-0.4, -0.2) is 63.0 Å². The zero-order chi connectivity index (χ0) is 24.0. The Balaban J connectivity index is 1.50. The van der Waals surface area contributed by atoms with E-state index < -0.39 is 15.8 Å². The fourth-order valence-corrected chi connectivity index (χ4v) is 4.33. The molecule has 1 N–H and O–H groups in total. The number of carbonyl (C=O) groups is 2. The van der Waals surface area contributed by atoms with Gasteiger partial charge in [-0.25, -0.2) is 17.6 Å². The molecule has 1 heterocycles. The molecule has 178 valence electrons. The summed E-state index contributed by atoms with van der Waals surface area (Å²) >= 11 is 0. The number of nitrogens with one attached hydrogen (secondary N) is 1. The van der Waals surface area contributed by atoms with Crippen LogP contribution in [0.5, 0.6) is 0 Å². The van der Waals surface area contributed by atoms with Gasteiger partial charge in [-0.1, -0.05) is 26.0 Å². The van der Waals surface area contributed by atoms with Crippen LogP contribution in [0.4, 0.5) is 14.9 Å². The second-order valence-electron chi connectivity index (χ2n) is 8.27. The van der Waals surface area contributed by atoms with Gasteiger partial charge < -0.3 is 14.5 Å². The van der Waals surface area contributed by atoms with E-state index >= 15 is 0 Å². The molecule has 2 aromatic carbocycles. The van der Waals surface area contributed by atoms with E-state index in [2.05, 4.69) is 4.72 Å². The lowest BCUT2D eigenvalue weighted by molar-refractivity contribution is -0.132. The molecule has 0 atom stereocenters.